The van der Waals surface area contributed by atoms with Gasteiger partial charge in [-0.1, -0.05) is 0 Å². The summed E-state index contributed by atoms with van der Waals surface area (Å²) >= 11 is 5.46. The first-order chi connectivity index (χ1) is 12.7. The van der Waals surface area contributed by atoms with Crippen molar-refractivity contribution >= 4 is 43.5 Å². The molecule has 0 atom stereocenters. The standard InChI is InChI=1S/C16H7Br2F8NO/c17-10-5-8(14(20,15(21,22)23)16(24,25)26)6-11(18)12(10)27-13(28)7-1-3-9(19)4-2-7/h1-6H,(H,27,28). The van der Waals surface area contributed by atoms with E-state index in [0.717, 1.165) is 24.3 Å². The van der Waals surface area contributed by atoms with E-state index in [0.29, 0.717) is 0 Å². The molecule has 1 N–H and O–H groups in total. The minimum Gasteiger partial charge on any atom is -0.320 e. The topological polar surface area (TPSA) is 29.1 Å². The van der Waals surface area contributed by atoms with E-state index in [9.17, 15) is 39.9 Å². The fourth-order valence-corrected chi connectivity index (χ4v) is 3.55. The molecule has 1 amide bonds. The summed E-state index contributed by atoms with van der Waals surface area (Å²) in [5.74, 6) is -1.45. The molecule has 0 bridgehead atoms. The highest BCUT2D eigenvalue weighted by atomic mass is 79.9. The van der Waals surface area contributed by atoms with E-state index in [1.807, 2.05) is 0 Å². The number of amides is 1. The smallest absolute Gasteiger partial charge is 0.320 e. The lowest BCUT2D eigenvalue weighted by atomic mass is 9.94. The van der Waals surface area contributed by atoms with Crippen LogP contribution in [0.1, 0.15) is 15.9 Å². The second-order valence-electron chi connectivity index (χ2n) is 5.43. The first-order valence-corrected chi connectivity index (χ1v) is 8.66. The van der Waals surface area contributed by atoms with Crippen LogP contribution in [-0.4, -0.2) is 18.3 Å². The minimum absolute atomic E-state index is 0.0327. The van der Waals surface area contributed by atoms with Gasteiger partial charge in [-0.15, -0.1) is 0 Å². The summed E-state index contributed by atoms with van der Waals surface area (Å²) in [6.45, 7) is 0. The summed E-state index contributed by atoms with van der Waals surface area (Å²) in [5.41, 5.74) is -7.63. The molecule has 28 heavy (non-hydrogen) atoms. The predicted octanol–water partition coefficient (Wildman–Crippen LogP) is 6.89. The average molecular weight is 541 g/mol. The highest BCUT2D eigenvalue weighted by molar-refractivity contribution is 9.11. The first kappa shape index (κ1) is 22.6. The summed E-state index contributed by atoms with van der Waals surface area (Å²) in [4.78, 5) is 12.1. The molecule has 0 aliphatic heterocycles. The van der Waals surface area contributed by atoms with Gasteiger partial charge in [0.2, 0.25) is 0 Å². The molecular formula is C16H7Br2F8NO. The lowest BCUT2D eigenvalue weighted by Gasteiger charge is -2.31. The lowest BCUT2D eigenvalue weighted by Crippen LogP contribution is -2.50. The fourth-order valence-electron chi connectivity index (χ4n) is 2.17. The van der Waals surface area contributed by atoms with Crippen LogP contribution in [0, 0.1) is 5.82 Å². The Morgan fingerprint density at radius 2 is 1.25 bits per heavy atom. The van der Waals surface area contributed by atoms with Crippen molar-refractivity contribution in [3.63, 3.8) is 0 Å². The van der Waals surface area contributed by atoms with Crippen molar-refractivity contribution in [1.82, 2.24) is 0 Å². The second kappa shape index (κ2) is 7.62. The van der Waals surface area contributed by atoms with Gasteiger partial charge in [0.25, 0.3) is 5.91 Å². The molecule has 2 rings (SSSR count). The fraction of sp³-hybridized carbons (Fsp3) is 0.188. The number of nitrogens with one attached hydrogen (secondary N) is 1. The maximum absolute atomic E-state index is 14.2. The summed E-state index contributed by atoms with van der Waals surface area (Å²) in [6, 6.07) is 4.72. The van der Waals surface area contributed by atoms with Crippen LogP contribution in [0.3, 0.4) is 0 Å². The van der Waals surface area contributed by atoms with E-state index in [1.165, 1.54) is 0 Å². The average Bonchev–Trinajstić information content (AvgIpc) is 2.55. The van der Waals surface area contributed by atoms with Crippen molar-refractivity contribution in [2.24, 2.45) is 0 Å². The Hall–Kier alpha value is -1.69. The third kappa shape index (κ3) is 4.17. The number of carbonyl (C=O) groups excluding carboxylic acids is 1. The van der Waals surface area contributed by atoms with Gasteiger partial charge in [0.15, 0.2) is 0 Å². The van der Waals surface area contributed by atoms with Gasteiger partial charge in [-0.3, -0.25) is 4.79 Å². The number of carbonyl (C=O) groups is 1. The number of benzene rings is 2. The van der Waals surface area contributed by atoms with Gasteiger partial charge in [0, 0.05) is 20.1 Å². The zero-order valence-electron chi connectivity index (χ0n) is 13.2. The summed E-state index contributed by atoms with van der Waals surface area (Å²) in [6.07, 6.45) is -12.5. The number of anilines is 1. The van der Waals surface area contributed by atoms with Gasteiger partial charge >= 0.3 is 18.0 Å². The van der Waals surface area contributed by atoms with Crippen LogP contribution in [-0.2, 0) is 5.67 Å². The SMILES string of the molecule is O=C(Nc1c(Br)cc(C(F)(C(F)(F)F)C(F)(F)F)cc1Br)c1ccc(F)cc1. The minimum atomic E-state index is -6.27. The Kier molecular flexibility index (Phi) is 6.15. The predicted molar refractivity (Wildman–Crippen MR) is 91.1 cm³/mol. The third-order valence-electron chi connectivity index (χ3n) is 3.57. The third-order valence-corrected chi connectivity index (χ3v) is 4.82. The Balaban J connectivity index is 2.47. The van der Waals surface area contributed by atoms with Gasteiger partial charge in [-0.05, 0) is 68.3 Å². The van der Waals surface area contributed by atoms with Crippen LogP contribution in [0.4, 0.5) is 40.8 Å². The van der Waals surface area contributed by atoms with Crippen molar-refractivity contribution in [2.75, 3.05) is 5.32 Å². The van der Waals surface area contributed by atoms with Gasteiger partial charge in [-0.25, -0.2) is 8.78 Å². The molecule has 0 aliphatic rings. The van der Waals surface area contributed by atoms with Crippen molar-refractivity contribution in [3.8, 4) is 0 Å². The van der Waals surface area contributed by atoms with Gasteiger partial charge in [0.05, 0.1) is 5.69 Å². The van der Waals surface area contributed by atoms with E-state index in [2.05, 4.69) is 37.2 Å². The number of halogens is 10. The van der Waals surface area contributed by atoms with Gasteiger partial charge in [0.1, 0.15) is 5.82 Å². The number of hydrogen-bond acceptors (Lipinski definition) is 1. The second-order valence-corrected chi connectivity index (χ2v) is 7.14. The molecule has 12 heteroatoms. The molecule has 0 unspecified atom stereocenters. The number of rotatable bonds is 3. The highest BCUT2D eigenvalue weighted by Crippen LogP contribution is 2.54. The molecule has 2 nitrogen and oxygen atoms in total. The van der Waals surface area contributed by atoms with Crippen LogP contribution in [0.25, 0.3) is 0 Å². The molecule has 0 aliphatic carbocycles. The maximum Gasteiger partial charge on any atom is 0.435 e. The lowest BCUT2D eigenvalue weighted by molar-refractivity contribution is -0.348. The monoisotopic (exact) mass is 539 g/mol. The van der Waals surface area contributed by atoms with E-state index in [4.69, 9.17) is 0 Å². The van der Waals surface area contributed by atoms with E-state index in [-0.39, 0.29) is 23.4 Å². The normalized spacial score (nSPS) is 12.8. The molecule has 0 spiro atoms. The van der Waals surface area contributed by atoms with Crippen LogP contribution >= 0.6 is 31.9 Å². The van der Waals surface area contributed by atoms with E-state index in [1.54, 1.807) is 0 Å². The zero-order chi connectivity index (χ0) is 21.5. The Labute approximate surface area is 169 Å². The maximum atomic E-state index is 14.2. The molecular weight excluding hydrogens is 534 g/mol. The summed E-state index contributed by atoms with van der Waals surface area (Å²) in [7, 11) is 0. The quantitative estimate of drug-likeness (QED) is 0.422. The molecule has 0 aromatic heterocycles. The Morgan fingerprint density at radius 1 is 0.821 bits per heavy atom. The van der Waals surface area contributed by atoms with Crippen LogP contribution in [0.5, 0.6) is 0 Å². The van der Waals surface area contributed by atoms with Gasteiger partial charge in [-0.2, -0.15) is 26.3 Å². The molecule has 2 aromatic carbocycles. The molecule has 0 fully saturated rings. The van der Waals surface area contributed by atoms with Gasteiger partial charge < -0.3 is 5.32 Å². The molecule has 152 valence electrons. The molecule has 0 saturated heterocycles. The van der Waals surface area contributed by atoms with Crippen molar-refractivity contribution < 1.29 is 39.9 Å². The summed E-state index contributed by atoms with van der Waals surface area (Å²) < 4.78 is 104. The molecule has 0 saturated carbocycles. The molecule has 0 radical (unpaired) electrons. The zero-order valence-corrected chi connectivity index (χ0v) is 16.3. The summed E-state index contributed by atoms with van der Waals surface area (Å²) in [5, 5.41) is 2.23. The van der Waals surface area contributed by atoms with Crippen molar-refractivity contribution in [2.45, 2.75) is 18.0 Å². The Morgan fingerprint density at radius 3 is 1.64 bits per heavy atom. The van der Waals surface area contributed by atoms with Crippen LogP contribution in [0.15, 0.2) is 45.3 Å². The highest BCUT2D eigenvalue weighted by Gasteiger charge is 2.73. The Bertz CT molecular complexity index is 856. The van der Waals surface area contributed by atoms with Crippen molar-refractivity contribution in [1.29, 1.82) is 0 Å². The number of alkyl halides is 7. The molecule has 0 heterocycles. The van der Waals surface area contributed by atoms with Crippen LogP contribution in [0.2, 0.25) is 0 Å². The van der Waals surface area contributed by atoms with E-state index >= 15 is 0 Å². The molecule has 2 aromatic rings. The van der Waals surface area contributed by atoms with Crippen molar-refractivity contribution in [3.05, 3.63) is 62.3 Å². The van der Waals surface area contributed by atoms with E-state index < -0.39 is 44.3 Å². The number of hydrogen-bond donors (Lipinski definition) is 1. The first-order valence-electron chi connectivity index (χ1n) is 7.07. The largest absolute Gasteiger partial charge is 0.435 e. The van der Waals surface area contributed by atoms with Crippen LogP contribution < -0.4 is 5.32 Å².